The standard InChI is InChI=1S/C20H38O.C17H32O2/c1-3-4-5-12-15-19-17-20(19)16-13-10-8-6-7-9-11-14-18(2)21;1-3-4-5-6-7-8-9-10-11-12-13-14-17(19)16(2)15-18/h19-20H,3-17H2,1-2H3;15-16H,3-14H2,1-2H3. The Bertz CT molecular complexity index is 584. The van der Waals surface area contributed by atoms with Crippen LogP contribution in [0.3, 0.4) is 0 Å². The number of rotatable bonds is 29. The van der Waals surface area contributed by atoms with Crippen LogP contribution in [0, 0.1) is 17.8 Å². The summed E-state index contributed by atoms with van der Waals surface area (Å²) in [5, 5.41) is 0. The maximum absolute atomic E-state index is 11.4. The molecule has 0 spiro atoms. The van der Waals surface area contributed by atoms with Crippen molar-refractivity contribution in [3.63, 3.8) is 0 Å². The molecule has 3 heteroatoms. The summed E-state index contributed by atoms with van der Waals surface area (Å²) >= 11 is 0. The highest BCUT2D eigenvalue weighted by Gasteiger charge is 2.34. The van der Waals surface area contributed by atoms with E-state index in [0.717, 1.165) is 43.8 Å². The van der Waals surface area contributed by atoms with Gasteiger partial charge >= 0.3 is 0 Å². The van der Waals surface area contributed by atoms with Gasteiger partial charge in [-0.15, -0.1) is 0 Å². The van der Waals surface area contributed by atoms with Crippen molar-refractivity contribution in [2.45, 2.75) is 201 Å². The first-order valence-corrected chi connectivity index (χ1v) is 17.9. The number of carbonyl (C=O) groups excluding carboxylic acids is 3. The molecular formula is C37H70O3. The third-order valence-electron chi connectivity index (χ3n) is 8.84. The van der Waals surface area contributed by atoms with Crippen LogP contribution in [0.15, 0.2) is 0 Å². The van der Waals surface area contributed by atoms with Crippen molar-refractivity contribution in [1.29, 1.82) is 0 Å². The van der Waals surface area contributed by atoms with E-state index in [1.807, 2.05) is 0 Å². The number of unbranched alkanes of at least 4 members (excludes halogenated alkanes) is 19. The van der Waals surface area contributed by atoms with E-state index in [1.54, 1.807) is 13.8 Å². The SMILES string of the molecule is CCCCCCC1CC1CCCCCCCCCC(C)=O.CCCCCCCCCCCCCC(=O)C(C)C=O. The van der Waals surface area contributed by atoms with Gasteiger partial charge in [0.25, 0.3) is 0 Å². The highest BCUT2D eigenvalue weighted by molar-refractivity contribution is 5.92. The Morgan fingerprint density at radius 1 is 0.575 bits per heavy atom. The first-order chi connectivity index (χ1) is 19.5. The molecular weight excluding hydrogens is 492 g/mol. The summed E-state index contributed by atoms with van der Waals surface area (Å²) in [5.74, 6) is 2.26. The monoisotopic (exact) mass is 563 g/mol. The van der Waals surface area contributed by atoms with Crippen LogP contribution in [-0.4, -0.2) is 17.9 Å². The van der Waals surface area contributed by atoms with E-state index in [9.17, 15) is 14.4 Å². The molecule has 0 bridgehead atoms. The largest absolute Gasteiger partial charge is 0.303 e. The van der Waals surface area contributed by atoms with E-state index < -0.39 is 5.92 Å². The minimum absolute atomic E-state index is 0.103. The lowest BCUT2D eigenvalue weighted by molar-refractivity contribution is -0.126. The van der Waals surface area contributed by atoms with E-state index >= 15 is 0 Å². The molecule has 0 aromatic carbocycles. The van der Waals surface area contributed by atoms with Gasteiger partial charge in [-0.25, -0.2) is 0 Å². The smallest absolute Gasteiger partial charge is 0.142 e. The van der Waals surface area contributed by atoms with Crippen molar-refractivity contribution in [3.05, 3.63) is 0 Å². The van der Waals surface area contributed by atoms with Gasteiger partial charge < -0.3 is 9.59 Å². The van der Waals surface area contributed by atoms with Crippen LogP contribution < -0.4 is 0 Å². The van der Waals surface area contributed by atoms with Gasteiger partial charge in [0.1, 0.15) is 17.9 Å². The fraction of sp³-hybridized carbons (Fsp3) is 0.919. The summed E-state index contributed by atoms with van der Waals surface area (Å²) in [6.07, 6.45) is 36.0. The molecule has 0 aliphatic heterocycles. The summed E-state index contributed by atoms with van der Waals surface area (Å²) in [5.41, 5.74) is 0. The predicted octanol–water partition coefficient (Wildman–Crippen LogP) is 11.8. The molecule has 1 aliphatic carbocycles. The Morgan fingerprint density at radius 2 is 0.925 bits per heavy atom. The topological polar surface area (TPSA) is 51.2 Å². The number of ketones is 2. The fourth-order valence-corrected chi connectivity index (χ4v) is 5.78. The second-order valence-corrected chi connectivity index (χ2v) is 13.0. The average Bonchev–Trinajstić information content (AvgIpc) is 3.70. The summed E-state index contributed by atoms with van der Waals surface area (Å²) in [6, 6.07) is 0. The van der Waals surface area contributed by atoms with Crippen LogP contribution in [-0.2, 0) is 14.4 Å². The Balaban J connectivity index is 0.000000765. The molecule has 1 saturated carbocycles. The van der Waals surface area contributed by atoms with Crippen LogP contribution in [0.5, 0.6) is 0 Å². The lowest BCUT2D eigenvalue weighted by Gasteiger charge is -2.04. The normalized spacial score (nSPS) is 16.7. The van der Waals surface area contributed by atoms with Gasteiger partial charge in [0, 0.05) is 12.8 Å². The van der Waals surface area contributed by atoms with Crippen LogP contribution in [0.25, 0.3) is 0 Å². The van der Waals surface area contributed by atoms with Gasteiger partial charge in [0.05, 0.1) is 5.92 Å². The third kappa shape index (κ3) is 27.2. The molecule has 1 rings (SSSR count). The van der Waals surface area contributed by atoms with Gasteiger partial charge in [0.15, 0.2) is 0 Å². The van der Waals surface area contributed by atoms with Crippen LogP contribution in [0.1, 0.15) is 201 Å². The highest BCUT2D eigenvalue weighted by atomic mass is 16.1. The summed E-state index contributed by atoms with van der Waals surface area (Å²) in [7, 11) is 0. The van der Waals surface area contributed by atoms with E-state index in [0.29, 0.717) is 12.2 Å². The molecule has 3 unspecified atom stereocenters. The molecule has 0 radical (unpaired) electrons. The molecule has 1 aliphatic rings. The van der Waals surface area contributed by atoms with Gasteiger partial charge in [-0.1, -0.05) is 155 Å². The first-order valence-electron chi connectivity index (χ1n) is 17.9. The number of carbonyl (C=O) groups is 3. The summed E-state index contributed by atoms with van der Waals surface area (Å²) in [4.78, 5) is 32.6. The lowest BCUT2D eigenvalue weighted by atomic mass is 10.0. The zero-order chi connectivity index (χ0) is 29.7. The van der Waals surface area contributed by atoms with Gasteiger partial charge in [-0.2, -0.15) is 0 Å². The predicted molar refractivity (Wildman–Crippen MR) is 174 cm³/mol. The average molecular weight is 563 g/mol. The Labute approximate surface area is 250 Å². The molecule has 3 nitrogen and oxygen atoms in total. The van der Waals surface area contributed by atoms with Crippen LogP contribution in [0.2, 0.25) is 0 Å². The van der Waals surface area contributed by atoms with Crippen LogP contribution in [0.4, 0.5) is 0 Å². The molecule has 1 fully saturated rings. The van der Waals surface area contributed by atoms with Crippen molar-refractivity contribution >= 4 is 17.9 Å². The second kappa shape index (κ2) is 29.5. The minimum Gasteiger partial charge on any atom is -0.303 e. The van der Waals surface area contributed by atoms with Crippen LogP contribution >= 0.6 is 0 Å². The maximum Gasteiger partial charge on any atom is 0.142 e. The number of Topliss-reactive ketones (excluding diaryl/α,β-unsaturated/α-hetero) is 2. The lowest BCUT2D eigenvalue weighted by Crippen LogP contribution is -2.11. The van der Waals surface area contributed by atoms with E-state index in [-0.39, 0.29) is 5.78 Å². The van der Waals surface area contributed by atoms with Gasteiger partial charge in [0.2, 0.25) is 0 Å². The third-order valence-corrected chi connectivity index (χ3v) is 8.84. The van der Waals surface area contributed by atoms with Crippen molar-refractivity contribution in [3.8, 4) is 0 Å². The number of hydrogen-bond donors (Lipinski definition) is 0. The summed E-state index contributed by atoms with van der Waals surface area (Å²) in [6.45, 7) is 7.94. The molecule has 3 atom stereocenters. The van der Waals surface area contributed by atoms with Crippen molar-refractivity contribution in [2.24, 2.45) is 17.8 Å². The second-order valence-electron chi connectivity index (χ2n) is 13.0. The Morgan fingerprint density at radius 3 is 1.32 bits per heavy atom. The zero-order valence-electron chi connectivity index (χ0n) is 27.6. The molecule has 0 heterocycles. The molecule has 0 amide bonds. The first kappa shape index (κ1) is 39.0. The highest BCUT2D eigenvalue weighted by Crippen LogP contribution is 2.45. The summed E-state index contributed by atoms with van der Waals surface area (Å²) < 4.78 is 0. The fourth-order valence-electron chi connectivity index (χ4n) is 5.78. The maximum atomic E-state index is 11.4. The number of aldehydes is 1. The van der Waals surface area contributed by atoms with E-state index in [1.165, 1.54) is 141 Å². The van der Waals surface area contributed by atoms with Gasteiger partial charge in [-0.05, 0) is 44.9 Å². The molecule has 0 N–H and O–H groups in total. The quantitative estimate of drug-likeness (QED) is 0.0517. The Kier molecular flexibility index (Phi) is 28.8. The van der Waals surface area contributed by atoms with E-state index in [4.69, 9.17) is 0 Å². The molecule has 0 aromatic heterocycles. The van der Waals surface area contributed by atoms with Crippen molar-refractivity contribution in [1.82, 2.24) is 0 Å². The molecule has 0 aromatic rings. The zero-order valence-corrected chi connectivity index (χ0v) is 27.6. The van der Waals surface area contributed by atoms with E-state index in [2.05, 4.69) is 13.8 Å². The Hall–Kier alpha value is -0.990. The van der Waals surface area contributed by atoms with Crippen molar-refractivity contribution in [2.75, 3.05) is 0 Å². The molecule has 236 valence electrons. The molecule has 0 saturated heterocycles. The molecule has 40 heavy (non-hydrogen) atoms. The number of hydrogen-bond acceptors (Lipinski definition) is 3. The van der Waals surface area contributed by atoms with Crippen molar-refractivity contribution < 1.29 is 14.4 Å². The van der Waals surface area contributed by atoms with Gasteiger partial charge in [-0.3, -0.25) is 4.79 Å². The minimum atomic E-state index is -0.400.